The second-order valence-electron chi connectivity index (χ2n) is 2.42. The average molecular weight is 211 g/mol. The standard InChI is InChI=1S/C10H8.ClOP/c1-2-6-10-8-4-3-7-9(10)5-1;1-3-2/h1-8H;. The lowest BCUT2D eigenvalue weighted by atomic mass is 10.1. The van der Waals surface area contributed by atoms with Crippen LogP contribution in [0.3, 0.4) is 0 Å². The Morgan fingerprint density at radius 1 is 0.846 bits per heavy atom. The van der Waals surface area contributed by atoms with Gasteiger partial charge < -0.3 is 0 Å². The van der Waals surface area contributed by atoms with Crippen LogP contribution in [0.4, 0.5) is 0 Å². The molecule has 0 aliphatic heterocycles. The quantitative estimate of drug-likeness (QED) is 0.594. The molecule has 0 radical (unpaired) electrons. The van der Waals surface area contributed by atoms with Gasteiger partial charge in [0.25, 0.3) is 7.81 Å². The zero-order chi connectivity index (χ0) is 9.52. The summed E-state index contributed by atoms with van der Waals surface area (Å²) in [6.07, 6.45) is 0. The topological polar surface area (TPSA) is 17.1 Å². The van der Waals surface area contributed by atoms with Crippen LogP contribution in [0.25, 0.3) is 10.8 Å². The molecule has 0 aromatic heterocycles. The van der Waals surface area contributed by atoms with E-state index in [0.717, 1.165) is 0 Å². The van der Waals surface area contributed by atoms with Crippen LogP contribution in [0, 0.1) is 0 Å². The van der Waals surface area contributed by atoms with Gasteiger partial charge in [-0.25, -0.2) is 0 Å². The first kappa shape index (κ1) is 10.2. The second kappa shape index (κ2) is 5.69. The van der Waals surface area contributed by atoms with Crippen LogP contribution in [-0.2, 0) is 4.57 Å². The smallest absolute Gasteiger partial charge is 0.256 e. The number of halogens is 1. The summed E-state index contributed by atoms with van der Waals surface area (Å²) in [6, 6.07) is 16.7. The maximum absolute atomic E-state index is 8.67. The highest BCUT2D eigenvalue weighted by Gasteiger charge is 1.85. The highest BCUT2D eigenvalue weighted by atomic mass is 35.7. The predicted octanol–water partition coefficient (Wildman–Crippen LogP) is 4.27. The van der Waals surface area contributed by atoms with E-state index in [1.54, 1.807) is 0 Å². The molecule has 0 saturated carbocycles. The molecule has 0 aliphatic carbocycles. The molecule has 0 amide bonds. The third-order valence-corrected chi connectivity index (χ3v) is 1.66. The Hall–Kier alpha value is -0.910. The number of hydrogen-bond donors (Lipinski definition) is 0. The van der Waals surface area contributed by atoms with Crippen molar-refractivity contribution in [3.05, 3.63) is 48.5 Å². The lowest BCUT2D eigenvalue weighted by Crippen LogP contribution is -1.67. The Bertz CT molecular complexity index is 324. The van der Waals surface area contributed by atoms with Crippen LogP contribution in [-0.4, -0.2) is 0 Å². The van der Waals surface area contributed by atoms with E-state index >= 15 is 0 Å². The van der Waals surface area contributed by atoms with Crippen molar-refractivity contribution in [3.63, 3.8) is 0 Å². The minimum Gasteiger partial charge on any atom is -0.256 e. The van der Waals surface area contributed by atoms with Crippen LogP contribution in [0.1, 0.15) is 0 Å². The first-order chi connectivity index (χ1) is 6.38. The van der Waals surface area contributed by atoms with Gasteiger partial charge in [0.15, 0.2) is 0 Å². The Balaban J connectivity index is 0.000000251. The molecule has 0 unspecified atom stereocenters. The van der Waals surface area contributed by atoms with E-state index in [2.05, 4.69) is 59.8 Å². The van der Waals surface area contributed by atoms with Gasteiger partial charge >= 0.3 is 0 Å². The molecule has 2 rings (SSSR count). The van der Waals surface area contributed by atoms with E-state index in [4.69, 9.17) is 4.57 Å². The zero-order valence-corrected chi connectivity index (χ0v) is 8.50. The summed E-state index contributed by atoms with van der Waals surface area (Å²) in [5, 5.41) is 2.62. The van der Waals surface area contributed by atoms with Crippen molar-refractivity contribution in [2.24, 2.45) is 0 Å². The molecule has 0 spiro atoms. The van der Waals surface area contributed by atoms with Gasteiger partial charge in [0, 0.05) is 0 Å². The summed E-state index contributed by atoms with van der Waals surface area (Å²) < 4.78 is 8.67. The molecule has 0 bridgehead atoms. The van der Waals surface area contributed by atoms with Gasteiger partial charge in [-0.05, 0) is 22.0 Å². The van der Waals surface area contributed by atoms with Gasteiger partial charge in [-0.3, -0.25) is 4.57 Å². The molecule has 3 heteroatoms. The Morgan fingerprint density at radius 3 is 1.31 bits per heavy atom. The molecule has 0 fully saturated rings. The van der Waals surface area contributed by atoms with Gasteiger partial charge in [-0.15, -0.1) is 0 Å². The molecule has 0 N–H and O–H groups in total. The van der Waals surface area contributed by atoms with Crippen molar-refractivity contribution in [2.45, 2.75) is 0 Å². The Morgan fingerprint density at radius 2 is 1.08 bits per heavy atom. The van der Waals surface area contributed by atoms with Gasteiger partial charge in [-0.2, -0.15) is 0 Å². The molecule has 13 heavy (non-hydrogen) atoms. The molecule has 0 atom stereocenters. The molecule has 66 valence electrons. The first-order valence-electron chi connectivity index (χ1n) is 3.76. The molecule has 0 saturated heterocycles. The van der Waals surface area contributed by atoms with Gasteiger partial charge in [0.05, 0.1) is 0 Å². The van der Waals surface area contributed by atoms with Crippen molar-refractivity contribution in [1.82, 2.24) is 0 Å². The van der Waals surface area contributed by atoms with Crippen LogP contribution < -0.4 is 0 Å². The number of rotatable bonds is 0. The summed E-state index contributed by atoms with van der Waals surface area (Å²) >= 11 is 4.42. The molecular weight excluding hydrogens is 203 g/mol. The average Bonchev–Trinajstić information content (AvgIpc) is 2.19. The van der Waals surface area contributed by atoms with E-state index < -0.39 is 0 Å². The Kier molecular flexibility index (Phi) is 4.45. The summed E-state index contributed by atoms with van der Waals surface area (Å²) in [5.74, 6) is 0. The maximum atomic E-state index is 8.67. The summed E-state index contributed by atoms with van der Waals surface area (Å²) in [5.41, 5.74) is 0. The van der Waals surface area contributed by atoms with Crippen molar-refractivity contribution in [3.8, 4) is 0 Å². The minimum atomic E-state index is -0.361. The number of hydrogen-bond acceptors (Lipinski definition) is 1. The lowest BCUT2D eigenvalue weighted by molar-refractivity contribution is 0.605. The van der Waals surface area contributed by atoms with Crippen LogP contribution >= 0.6 is 19.1 Å². The molecule has 2 aromatic rings. The summed E-state index contributed by atoms with van der Waals surface area (Å²) in [6.45, 7) is 0. The third kappa shape index (κ3) is 3.14. The molecule has 0 aliphatic rings. The first-order valence-corrected chi connectivity index (χ1v) is 5.47. The van der Waals surface area contributed by atoms with E-state index in [1.807, 2.05) is 0 Å². The second-order valence-corrected chi connectivity index (χ2v) is 2.97. The van der Waals surface area contributed by atoms with Crippen molar-refractivity contribution >= 4 is 29.8 Å². The normalized spacial score (nSPS) is 9.31. The Labute approximate surface area is 83.3 Å². The molecule has 0 heterocycles. The SMILES string of the molecule is O=PCl.c1ccc2ccccc2c1. The van der Waals surface area contributed by atoms with E-state index in [1.165, 1.54) is 10.8 Å². The van der Waals surface area contributed by atoms with Crippen LogP contribution in [0.15, 0.2) is 48.5 Å². The van der Waals surface area contributed by atoms with E-state index in [0.29, 0.717) is 0 Å². The largest absolute Gasteiger partial charge is 0.267 e. The monoisotopic (exact) mass is 210 g/mol. The van der Waals surface area contributed by atoms with Gasteiger partial charge in [0.1, 0.15) is 0 Å². The number of benzene rings is 2. The fraction of sp³-hybridized carbons (Fsp3) is 0. The predicted molar refractivity (Wildman–Crippen MR) is 57.4 cm³/mol. The molecular formula is C10H8ClOP. The van der Waals surface area contributed by atoms with E-state index in [9.17, 15) is 0 Å². The van der Waals surface area contributed by atoms with Crippen molar-refractivity contribution < 1.29 is 4.57 Å². The van der Waals surface area contributed by atoms with Gasteiger partial charge in [-0.1, -0.05) is 48.5 Å². The summed E-state index contributed by atoms with van der Waals surface area (Å²) in [7, 11) is -0.361. The van der Waals surface area contributed by atoms with Crippen molar-refractivity contribution in [1.29, 1.82) is 0 Å². The highest BCUT2D eigenvalue weighted by molar-refractivity contribution is 7.57. The maximum Gasteiger partial charge on any atom is 0.267 e. The summed E-state index contributed by atoms with van der Waals surface area (Å²) in [4.78, 5) is 0. The van der Waals surface area contributed by atoms with Crippen molar-refractivity contribution in [2.75, 3.05) is 0 Å². The van der Waals surface area contributed by atoms with Gasteiger partial charge in [0.2, 0.25) is 0 Å². The van der Waals surface area contributed by atoms with Crippen LogP contribution in [0.2, 0.25) is 0 Å². The van der Waals surface area contributed by atoms with Crippen LogP contribution in [0.5, 0.6) is 0 Å². The lowest BCUT2D eigenvalue weighted by Gasteiger charge is -1.92. The minimum absolute atomic E-state index is 0.361. The zero-order valence-electron chi connectivity index (χ0n) is 6.85. The fourth-order valence-corrected chi connectivity index (χ4v) is 1.13. The third-order valence-electron chi connectivity index (χ3n) is 1.66. The highest BCUT2D eigenvalue weighted by Crippen LogP contribution is 2.11. The molecule has 1 nitrogen and oxygen atoms in total. The van der Waals surface area contributed by atoms with E-state index in [-0.39, 0.29) is 7.81 Å². The number of fused-ring (bicyclic) bond motifs is 1. The fourth-order valence-electron chi connectivity index (χ4n) is 1.13. The molecule has 2 aromatic carbocycles.